The number of aromatic nitrogens is 2. The average molecular weight is 238 g/mol. The summed E-state index contributed by atoms with van der Waals surface area (Å²) in [5.41, 5.74) is 6.48. The minimum absolute atomic E-state index is 0.145. The number of anilines is 1. The molecule has 0 saturated carbocycles. The molecule has 1 rings (SSSR count). The van der Waals surface area contributed by atoms with Crippen molar-refractivity contribution in [1.82, 2.24) is 15.1 Å². The van der Waals surface area contributed by atoms with Crippen LogP contribution in [0.25, 0.3) is 0 Å². The van der Waals surface area contributed by atoms with Gasteiger partial charge in [0.15, 0.2) is 0 Å². The van der Waals surface area contributed by atoms with E-state index in [1.807, 2.05) is 13.8 Å². The van der Waals surface area contributed by atoms with Crippen molar-refractivity contribution in [3.63, 3.8) is 0 Å². The predicted molar refractivity (Wildman–Crippen MR) is 68.8 cm³/mol. The summed E-state index contributed by atoms with van der Waals surface area (Å²) in [5, 5.41) is 7.10. The molecular weight excluding hydrogens is 216 g/mol. The first-order valence-corrected chi connectivity index (χ1v) is 6.11. The van der Waals surface area contributed by atoms with E-state index in [0.717, 1.165) is 12.8 Å². The summed E-state index contributed by atoms with van der Waals surface area (Å²) in [6.45, 7) is 8.72. The lowest BCUT2D eigenvalue weighted by molar-refractivity contribution is 0.0891. The second-order valence-corrected chi connectivity index (χ2v) is 4.49. The number of hydrogen-bond donors (Lipinski definition) is 2. The normalized spacial score (nSPS) is 11.5. The first kappa shape index (κ1) is 13.5. The number of nitrogens with one attached hydrogen (secondary N) is 1. The Bertz CT molecular complexity index is 393. The third-order valence-electron chi connectivity index (χ3n) is 3.36. The zero-order valence-corrected chi connectivity index (χ0v) is 11.1. The highest BCUT2D eigenvalue weighted by Gasteiger charge is 2.25. The highest BCUT2D eigenvalue weighted by molar-refractivity contribution is 5.97. The van der Waals surface area contributed by atoms with Crippen LogP contribution in [0.4, 0.5) is 5.69 Å². The fourth-order valence-corrected chi connectivity index (χ4v) is 1.65. The van der Waals surface area contributed by atoms with Crippen molar-refractivity contribution < 1.29 is 4.79 Å². The van der Waals surface area contributed by atoms with E-state index < -0.39 is 0 Å². The summed E-state index contributed by atoms with van der Waals surface area (Å²) in [7, 11) is 0. The minimum Gasteiger partial charge on any atom is -0.396 e. The molecule has 5 heteroatoms. The number of carbonyl (C=O) groups excluding carboxylic acids is 1. The van der Waals surface area contributed by atoms with Gasteiger partial charge in [0.1, 0.15) is 5.69 Å². The quantitative estimate of drug-likeness (QED) is 0.821. The van der Waals surface area contributed by atoms with E-state index in [1.54, 1.807) is 4.68 Å². The molecule has 1 heterocycles. The number of nitrogen functional groups attached to an aromatic ring is 1. The first-order chi connectivity index (χ1) is 7.97. The van der Waals surface area contributed by atoms with Gasteiger partial charge >= 0.3 is 0 Å². The van der Waals surface area contributed by atoms with E-state index in [2.05, 4.69) is 24.3 Å². The Kier molecular flexibility index (Phi) is 4.15. The molecule has 0 unspecified atom stereocenters. The molecule has 0 radical (unpaired) electrons. The molecule has 17 heavy (non-hydrogen) atoms. The lowest BCUT2D eigenvalue weighted by Crippen LogP contribution is -2.45. The maximum atomic E-state index is 12.2. The van der Waals surface area contributed by atoms with Gasteiger partial charge in [-0.05, 0) is 26.7 Å². The van der Waals surface area contributed by atoms with Crippen LogP contribution in [-0.2, 0) is 6.54 Å². The SMILES string of the molecule is CCn1ncc(N)c1C(=O)NC(C)(CC)CC. The van der Waals surface area contributed by atoms with Crippen LogP contribution in [-0.4, -0.2) is 21.2 Å². The first-order valence-electron chi connectivity index (χ1n) is 6.11. The molecule has 1 amide bonds. The van der Waals surface area contributed by atoms with Crippen LogP contribution >= 0.6 is 0 Å². The van der Waals surface area contributed by atoms with Crippen molar-refractivity contribution in [3.05, 3.63) is 11.9 Å². The standard InChI is InChI=1S/C12H22N4O/c1-5-12(4,6-2)15-11(17)10-9(13)8-14-16(10)7-3/h8H,5-7,13H2,1-4H3,(H,15,17). The summed E-state index contributed by atoms with van der Waals surface area (Å²) in [5.74, 6) is -0.145. The maximum absolute atomic E-state index is 12.2. The Labute approximate surface area is 102 Å². The fraction of sp³-hybridized carbons (Fsp3) is 0.667. The summed E-state index contributed by atoms with van der Waals surface area (Å²) in [4.78, 5) is 12.2. The lowest BCUT2D eigenvalue weighted by Gasteiger charge is -2.28. The number of rotatable bonds is 5. The molecule has 3 N–H and O–H groups in total. The zero-order chi connectivity index (χ0) is 13.1. The van der Waals surface area contributed by atoms with E-state index in [9.17, 15) is 4.79 Å². The van der Waals surface area contributed by atoms with Crippen LogP contribution in [0.1, 0.15) is 51.0 Å². The number of carbonyl (C=O) groups is 1. The van der Waals surface area contributed by atoms with Crippen molar-refractivity contribution in [2.45, 2.75) is 52.6 Å². The zero-order valence-electron chi connectivity index (χ0n) is 11.1. The van der Waals surface area contributed by atoms with Crippen molar-refractivity contribution in [1.29, 1.82) is 0 Å². The largest absolute Gasteiger partial charge is 0.396 e. The summed E-state index contributed by atoms with van der Waals surface area (Å²) in [6, 6.07) is 0. The van der Waals surface area contributed by atoms with E-state index in [0.29, 0.717) is 17.9 Å². The number of amides is 1. The highest BCUT2D eigenvalue weighted by atomic mass is 16.2. The molecular formula is C12H22N4O. The maximum Gasteiger partial charge on any atom is 0.272 e. The van der Waals surface area contributed by atoms with Gasteiger partial charge in [-0.25, -0.2) is 0 Å². The van der Waals surface area contributed by atoms with Crippen molar-refractivity contribution in [2.24, 2.45) is 0 Å². The van der Waals surface area contributed by atoms with Crippen molar-refractivity contribution >= 4 is 11.6 Å². The summed E-state index contributed by atoms with van der Waals surface area (Å²) < 4.78 is 1.62. The molecule has 0 aliphatic rings. The van der Waals surface area contributed by atoms with Gasteiger partial charge in [0.2, 0.25) is 0 Å². The minimum atomic E-state index is -0.188. The number of aryl methyl sites for hydroxylation is 1. The molecule has 0 fully saturated rings. The van der Waals surface area contributed by atoms with Gasteiger partial charge < -0.3 is 11.1 Å². The van der Waals surface area contributed by atoms with Crippen LogP contribution in [0.5, 0.6) is 0 Å². The molecule has 0 spiro atoms. The molecule has 1 aromatic rings. The Balaban J connectivity index is 2.93. The highest BCUT2D eigenvalue weighted by Crippen LogP contribution is 2.17. The molecule has 0 aliphatic heterocycles. The smallest absolute Gasteiger partial charge is 0.272 e. The summed E-state index contributed by atoms with van der Waals surface area (Å²) in [6.07, 6.45) is 3.29. The van der Waals surface area contributed by atoms with E-state index in [-0.39, 0.29) is 11.4 Å². The topological polar surface area (TPSA) is 72.9 Å². The molecule has 1 aromatic heterocycles. The van der Waals surface area contributed by atoms with Crippen molar-refractivity contribution in [2.75, 3.05) is 5.73 Å². The third kappa shape index (κ3) is 2.78. The van der Waals surface area contributed by atoms with Crippen LogP contribution in [0.2, 0.25) is 0 Å². The number of nitrogens with two attached hydrogens (primary N) is 1. The van der Waals surface area contributed by atoms with Gasteiger partial charge in [0.05, 0.1) is 11.9 Å². The van der Waals surface area contributed by atoms with E-state index in [1.165, 1.54) is 6.20 Å². The fourth-order valence-electron chi connectivity index (χ4n) is 1.65. The van der Waals surface area contributed by atoms with Gasteiger partial charge in [-0.15, -0.1) is 0 Å². The van der Waals surface area contributed by atoms with Gasteiger partial charge in [-0.3, -0.25) is 9.48 Å². The predicted octanol–water partition coefficient (Wildman–Crippen LogP) is 1.79. The Morgan fingerprint density at radius 1 is 1.47 bits per heavy atom. The van der Waals surface area contributed by atoms with E-state index >= 15 is 0 Å². The van der Waals surface area contributed by atoms with Crippen LogP contribution in [0.15, 0.2) is 6.20 Å². The van der Waals surface area contributed by atoms with Gasteiger partial charge in [0.25, 0.3) is 5.91 Å². The molecule has 0 bridgehead atoms. The number of nitrogens with zero attached hydrogens (tertiary/aromatic N) is 2. The molecule has 5 nitrogen and oxygen atoms in total. The van der Waals surface area contributed by atoms with Crippen LogP contribution < -0.4 is 11.1 Å². The lowest BCUT2D eigenvalue weighted by atomic mass is 9.95. The Hall–Kier alpha value is -1.52. The average Bonchev–Trinajstić information content (AvgIpc) is 2.70. The second kappa shape index (κ2) is 5.21. The van der Waals surface area contributed by atoms with Crippen LogP contribution in [0.3, 0.4) is 0 Å². The van der Waals surface area contributed by atoms with Gasteiger partial charge in [-0.2, -0.15) is 5.10 Å². The molecule has 0 aliphatic carbocycles. The Morgan fingerprint density at radius 3 is 2.53 bits per heavy atom. The third-order valence-corrected chi connectivity index (χ3v) is 3.36. The van der Waals surface area contributed by atoms with Crippen LogP contribution in [0, 0.1) is 0 Å². The number of hydrogen-bond acceptors (Lipinski definition) is 3. The molecule has 96 valence electrons. The molecule has 0 atom stereocenters. The monoisotopic (exact) mass is 238 g/mol. The van der Waals surface area contributed by atoms with Gasteiger partial charge in [0, 0.05) is 12.1 Å². The molecule has 0 aromatic carbocycles. The van der Waals surface area contributed by atoms with E-state index in [4.69, 9.17) is 5.73 Å². The summed E-state index contributed by atoms with van der Waals surface area (Å²) >= 11 is 0. The molecule has 0 saturated heterocycles. The second-order valence-electron chi connectivity index (χ2n) is 4.49. The van der Waals surface area contributed by atoms with Gasteiger partial charge in [-0.1, -0.05) is 13.8 Å². The Morgan fingerprint density at radius 2 is 2.06 bits per heavy atom. The van der Waals surface area contributed by atoms with Crippen molar-refractivity contribution in [3.8, 4) is 0 Å².